The maximum Gasteiger partial charge on any atom is 0.276 e. The molecule has 1 saturated heterocycles. The number of carbonyl (C=O) groups is 2. The largest absolute Gasteiger partial charge is 0.355 e. The van der Waals surface area contributed by atoms with E-state index in [1.165, 1.54) is 18.2 Å². The Morgan fingerprint density at radius 3 is 2.68 bits per heavy atom. The summed E-state index contributed by atoms with van der Waals surface area (Å²) in [5, 5.41) is 6.97. The first kappa shape index (κ1) is 21.1. The van der Waals surface area contributed by atoms with Crippen LogP contribution in [0.2, 0.25) is 0 Å². The van der Waals surface area contributed by atoms with E-state index in [0.717, 1.165) is 11.3 Å². The molecule has 1 aromatic heterocycles. The zero-order valence-electron chi connectivity index (χ0n) is 17.0. The fourth-order valence-electron chi connectivity index (χ4n) is 3.67. The number of halogens is 1. The molecule has 2 amide bonds. The van der Waals surface area contributed by atoms with Crippen molar-refractivity contribution in [2.24, 2.45) is 0 Å². The van der Waals surface area contributed by atoms with Crippen molar-refractivity contribution in [2.45, 2.75) is 18.5 Å². The van der Waals surface area contributed by atoms with Crippen LogP contribution >= 0.6 is 11.8 Å². The Labute approximate surface area is 183 Å². The molecule has 0 saturated carbocycles. The lowest BCUT2D eigenvalue weighted by atomic mass is 9.99. The number of rotatable bonds is 6. The highest BCUT2D eigenvalue weighted by Gasteiger charge is 2.38. The van der Waals surface area contributed by atoms with E-state index in [1.54, 1.807) is 28.8 Å². The molecule has 0 aliphatic carbocycles. The Hall–Kier alpha value is -3.13. The van der Waals surface area contributed by atoms with Crippen molar-refractivity contribution >= 4 is 23.6 Å². The van der Waals surface area contributed by atoms with Gasteiger partial charge in [0.25, 0.3) is 5.91 Å². The number of amides is 2. The number of hydrogen-bond donors (Lipinski definition) is 1. The van der Waals surface area contributed by atoms with Gasteiger partial charge in [-0.2, -0.15) is 11.8 Å². The van der Waals surface area contributed by atoms with Gasteiger partial charge in [0.05, 0.1) is 6.04 Å². The van der Waals surface area contributed by atoms with Crippen LogP contribution in [-0.4, -0.2) is 46.5 Å². The molecule has 31 heavy (non-hydrogen) atoms. The van der Waals surface area contributed by atoms with Crippen LogP contribution in [0.25, 0.3) is 11.3 Å². The second-order valence-electron chi connectivity index (χ2n) is 7.31. The zero-order valence-corrected chi connectivity index (χ0v) is 17.8. The van der Waals surface area contributed by atoms with Crippen molar-refractivity contribution in [2.75, 3.05) is 18.6 Å². The quantitative estimate of drug-likeness (QED) is 0.630. The number of piperazine rings is 1. The van der Waals surface area contributed by atoms with Gasteiger partial charge in [0, 0.05) is 18.2 Å². The summed E-state index contributed by atoms with van der Waals surface area (Å²) in [5.74, 6) is 0.216. The molecule has 0 spiro atoms. The van der Waals surface area contributed by atoms with Gasteiger partial charge in [0.15, 0.2) is 11.5 Å². The molecule has 3 aromatic rings. The van der Waals surface area contributed by atoms with E-state index in [9.17, 15) is 14.0 Å². The van der Waals surface area contributed by atoms with Crippen LogP contribution in [0.4, 0.5) is 4.39 Å². The summed E-state index contributed by atoms with van der Waals surface area (Å²) >= 11 is 1.62. The van der Waals surface area contributed by atoms with Crippen LogP contribution in [0.1, 0.15) is 28.5 Å². The minimum Gasteiger partial charge on any atom is -0.355 e. The van der Waals surface area contributed by atoms with Crippen molar-refractivity contribution in [1.82, 2.24) is 15.4 Å². The first-order valence-corrected chi connectivity index (χ1v) is 11.3. The van der Waals surface area contributed by atoms with Crippen LogP contribution < -0.4 is 5.32 Å². The van der Waals surface area contributed by atoms with Crippen LogP contribution in [0, 0.1) is 5.82 Å². The maximum atomic E-state index is 13.4. The lowest BCUT2D eigenvalue weighted by Crippen LogP contribution is -2.58. The Balaban J connectivity index is 1.60. The van der Waals surface area contributed by atoms with E-state index < -0.39 is 6.04 Å². The fourth-order valence-corrected chi connectivity index (χ4v) is 4.13. The standard InChI is InChI=1S/C23H22FN3O3S/c1-31-12-11-20-22(28)25-19(15-5-3-2-4-6-15)14-27(20)23(29)18-13-21(30-26-18)16-7-9-17(24)10-8-16/h2-10,13,19-20H,11-12,14H2,1H3,(H,25,28)/t19-,20-/m1/s1. The normalized spacial score (nSPS) is 18.6. The smallest absolute Gasteiger partial charge is 0.276 e. The summed E-state index contributed by atoms with van der Waals surface area (Å²) in [5.41, 5.74) is 1.67. The average Bonchev–Trinajstić information content (AvgIpc) is 3.29. The van der Waals surface area contributed by atoms with Gasteiger partial charge in [-0.15, -0.1) is 0 Å². The number of thioether (sulfide) groups is 1. The van der Waals surface area contributed by atoms with E-state index in [-0.39, 0.29) is 29.4 Å². The molecule has 2 heterocycles. The molecule has 4 rings (SSSR count). The highest BCUT2D eigenvalue weighted by atomic mass is 32.2. The van der Waals surface area contributed by atoms with Crippen molar-refractivity contribution in [3.63, 3.8) is 0 Å². The molecule has 0 radical (unpaired) electrons. The number of benzene rings is 2. The molecule has 2 aromatic carbocycles. The summed E-state index contributed by atoms with van der Waals surface area (Å²) < 4.78 is 18.5. The van der Waals surface area contributed by atoms with Crippen LogP contribution in [0.3, 0.4) is 0 Å². The van der Waals surface area contributed by atoms with E-state index in [2.05, 4.69) is 10.5 Å². The summed E-state index contributed by atoms with van der Waals surface area (Å²) in [6.45, 7) is 0.340. The van der Waals surface area contributed by atoms with Crippen LogP contribution in [0.5, 0.6) is 0 Å². The van der Waals surface area contributed by atoms with Crippen molar-refractivity contribution in [3.8, 4) is 11.3 Å². The minimum absolute atomic E-state index is 0.120. The number of hydrogen-bond acceptors (Lipinski definition) is 5. The highest BCUT2D eigenvalue weighted by Crippen LogP contribution is 2.26. The van der Waals surface area contributed by atoms with Gasteiger partial charge in [-0.25, -0.2) is 4.39 Å². The SMILES string of the molecule is CSCC[C@@H]1C(=O)N[C@@H](c2ccccc2)CN1C(=O)c1cc(-c2ccc(F)cc2)on1. The first-order chi connectivity index (χ1) is 15.1. The second-order valence-corrected chi connectivity index (χ2v) is 8.30. The molecule has 6 nitrogen and oxygen atoms in total. The minimum atomic E-state index is -0.578. The third kappa shape index (κ3) is 4.64. The van der Waals surface area contributed by atoms with Crippen LogP contribution in [0.15, 0.2) is 65.2 Å². The molecule has 1 aliphatic heterocycles. The third-order valence-electron chi connectivity index (χ3n) is 5.29. The monoisotopic (exact) mass is 439 g/mol. The summed E-state index contributed by atoms with van der Waals surface area (Å²) in [6, 6.07) is 16.0. The number of nitrogens with one attached hydrogen (secondary N) is 1. The van der Waals surface area contributed by atoms with Crippen LogP contribution in [-0.2, 0) is 4.79 Å². The van der Waals surface area contributed by atoms with Gasteiger partial charge >= 0.3 is 0 Å². The predicted molar refractivity (Wildman–Crippen MR) is 117 cm³/mol. The fraction of sp³-hybridized carbons (Fsp3) is 0.261. The highest BCUT2D eigenvalue weighted by molar-refractivity contribution is 7.98. The molecule has 160 valence electrons. The molecule has 0 unspecified atom stereocenters. The molecule has 2 atom stereocenters. The molecule has 0 bridgehead atoms. The van der Waals surface area contributed by atoms with E-state index in [4.69, 9.17) is 4.52 Å². The summed E-state index contributed by atoms with van der Waals surface area (Å²) in [7, 11) is 0. The van der Waals surface area contributed by atoms with E-state index in [0.29, 0.717) is 24.3 Å². The predicted octanol–water partition coefficient (Wildman–Crippen LogP) is 3.92. The first-order valence-electron chi connectivity index (χ1n) is 9.94. The Morgan fingerprint density at radius 1 is 1.23 bits per heavy atom. The summed E-state index contributed by atoms with van der Waals surface area (Å²) in [4.78, 5) is 27.8. The van der Waals surface area contributed by atoms with Gasteiger partial charge in [0.2, 0.25) is 5.91 Å². The molecular weight excluding hydrogens is 417 g/mol. The molecule has 1 N–H and O–H groups in total. The number of nitrogens with zero attached hydrogens (tertiary/aromatic N) is 2. The van der Waals surface area contributed by atoms with E-state index in [1.807, 2.05) is 36.6 Å². The Kier molecular flexibility index (Phi) is 6.36. The molecular formula is C23H22FN3O3S. The van der Waals surface area contributed by atoms with Gasteiger partial charge < -0.3 is 14.7 Å². The lowest BCUT2D eigenvalue weighted by Gasteiger charge is -2.39. The number of carbonyl (C=O) groups excluding carboxylic acids is 2. The van der Waals surface area contributed by atoms with Gasteiger partial charge in [-0.3, -0.25) is 9.59 Å². The molecule has 1 aliphatic rings. The Bertz CT molecular complexity index is 1060. The van der Waals surface area contributed by atoms with Crippen molar-refractivity contribution < 1.29 is 18.5 Å². The lowest BCUT2D eigenvalue weighted by molar-refractivity contribution is -0.129. The molecule has 1 fully saturated rings. The van der Waals surface area contributed by atoms with Gasteiger partial charge in [-0.05, 0) is 48.3 Å². The number of aromatic nitrogens is 1. The average molecular weight is 440 g/mol. The maximum absolute atomic E-state index is 13.4. The Morgan fingerprint density at radius 2 is 1.97 bits per heavy atom. The zero-order chi connectivity index (χ0) is 21.8. The van der Waals surface area contributed by atoms with E-state index >= 15 is 0 Å². The van der Waals surface area contributed by atoms with Gasteiger partial charge in [0.1, 0.15) is 11.9 Å². The summed E-state index contributed by atoms with van der Waals surface area (Å²) in [6.07, 6.45) is 2.51. The third-order valence-corrected chi connectivity index (χ3v) is 5.93. The van der Waals surface area contributed by atoms with Crippen molar-refractivity contribution in [1.29, 1.82) is 0 Å². The van der Waals surface area contributed by atoms with Gasteiger partial charge in [-0.1, -0.05) is 35.5 Å². The van der Waals surface area contributed by atoms with Crippen molar-refractivity contribution in [3.05, 3.63) is 77.7 Å². The topological polar surface area (TPSA) is 75.4 Å². The molecule has 8 heteroatoms. The second kappa shape index (κ2) is 9.34.